The number of amides is 3. The van der Waals surface area contributed by atoms with Crippen LogP contribution in [0.5, 0.6) is 0 Å². The molecule has 138 valence electrons. The Morgan fingerprint density at radius 2 is 1.80 bits per heavy atom. The molecule has 1 heterocycles. The molecule has 0 aliphatic carbocycles. The van der Waals surface area contributed by atoms with Gasteiger partial charge in [0.1, 0.15) is 5.60 Å². The zero-order valence-corrected chi connectivity index (χ0v) is 16.6. The smallest absolute Gasteiger partial charge is 0.410 e. The summed E-state index contributed by atoms with van der Waals surface area (Å²) in [6.45, 7) is 8.15. The average Bonchev–Trinajstić information content (AvgIpc) is 2.53. The first-order valence-electron chi connectivity index (χ1n) is 8.50. The number of halogens is 1. The minimum atomic E-state index is -0.502. The predicted octanol–water partition coefficient (Wildman–Crippen LogP) is 3.25. The molecule has 1 aliphatic rings. The third kappa shape index (κ3) is 6.57. The van der Waals surface area contributed by atoms with E-state index in [1.54, 1.807) is 9.80 Å². The van der Waals surface area contributed by atoms with Gasteiger partial charge in [0.25, 0.3) is 0 Å². The summed E-state index contributed by atoms with van der Waals surface area (Å²) in [6.07, 6.45) is 0.463. The Bertz CT molecular complexity index is 608. The summed E-state index contributed by atoms with van der Waals surface area (Å²) in [7, 11) is 0. The van der Waals surface area contributed by atoms with E-state index in [4.69, 9.17) is 4.74 Å². The van der Waals surface area contributed by atoms with Crippen molar-refractivity contribution in [1.29, 1.82) is 0 Å². The molecule has 1 fully saturated rings. The normalized spacial score (nSPS) is 15.0. The third-order valence-electron chi connectivity index (χ3n) is 3.80. The Kier molecular flexibility index (Phi) is 6.70. The summed E-state index contributed by atoms with van der Waals surface area (Å²) in [5.74, 6) is 0. The average molecular weight is 412 g/mol. The number of ether oxygens (including phenoxy) is 1. The first-order valence-corrected chi connectivity index (χ1v) is 9.29. The van der Waals surface area contributed by atoms with Crippen molar-refractivity contribution in [2.45, 2.75) is 32.8 Å². The Labute approximate surface area is 157 Å². The summed E-state index contributed by atoms with van der Waals surface area (Å²) in [6, 6.07) is 7.96. The molecular formula is C18H26BrN3O3. The van der Waals surface area contributed by atoms with Gasteiger partial charge < -0.3 is 19.9 Å². The van der Waals surface area contributed by atoms with Crippen LogP contribution in [0.4, 0.5) is 9.59 Å². The van der Waals surface area contributed by atoms with E-state index in [-0.39, 0.29) is 12.1 Å². The number of rotatable bonds is 3. The van der Waals surface area contributed by atoms with Gasteiger partial charge in [0.2, 0.25) is 0 Å². The molecule has 1 saturated heterocycles. The molecule has 7 heteroatoms. The zero-order valence-electron chi connectivity index (χ0n) is 15.0. The number of urea groups is 1. The van der Waals surface area contributed by atoms with E-state index in [9.17, 15) is 9.59 Å². The second-order valence-corrected chi connectivity index (χ2v) is 7.98. The molecule has 0 saturated carbocycles. The summed E-state index contributed by atoms with van der Waals surface area (Å²) in [5, 5.41) is 2.94. The van der Waals surface area contributed by atoms with Crippen LogP contribution in [0, 0.1) is 0 Å². The van der Waals surface area contributed by atoms with E-state index in [1.807, 2.05) is 45.0 Å². The van der Waals surface area contributed by atoms with Crippen molar-refractivity contribution in [2.24, 2.45) is 0 Å². The quantitative estimate of drug-likeness (QED) is 0.829. The summed E-state index contributed by atoms with van der Waals surface area (Å²) < 4.78 is 6.40. The summed E-state index contributed by atoms with van der Waals surface area (Å²) in [4.78, 5) is 27.6. The molecule has 25 heavy (non-hydrogen) atoms. The Hall–Kier alpha value is -1.76. The Balaban J connectivity index is 1.71. The number of nitrogens with one attached hydrogen (secondary N) is 1. The number of benzene rings is 1. The van der Waals surface area contributed by atoms with Crippen LogP contribution in [-0.4, -0.2) is 60.2 Å². The molecule has 0 radical (unpaired) electrons. The van der Waals surface area contributed by atoms with Crippen molar-refractivity contribution in [3.8, 4) is 0 Å². The first-order chi connectivity index (χ1) is 11.7. The Morgan fingerprint density at radius 1 is 1.16 bits per heavy atom. The molecule has 0 atom stereocenters. The first kappa shape index (κ1) is 19.6. The molecule has 0 aromatic heterocycles. The highest BCUT2D eigenvalue weighted by molar-refractivity contribution is 9.10. The summed E-state index contributed by atoms with van der Waals surface area (Å²) >= 11 is 3.44. The van der Waals surface area contributed by atoms with Crippen LogP contribution in [-0.2, 0) is 11.2 Å². The van der Waals surface area contributed by atoms with Gasteiger partial charge in [0, 0.05) is 37.2 Å². The van der Waals surface area contributed by atoms with Crippen molar-refractivity contribution >= 4 is 28.1 Å². The zero-order chi connectivity index (χ0) is 18.4. The molecule has 1 N–H and O–H groups in total. The van der Waals surface area contributed by atoms with E-state index in [0.717, 1.165) is 10.9 Å². The second kappa shape index (κ2) is 8.56. The molecule has 3 amide bonds. The highest BCUT2D eigenvalue weighted by Crippen LogP contribution is 2.13. The fraction of sp³-hybridized carbons (Fsp3) is 0.556. The number of nitrogens with zero attached hydrogens (tertiary/aromatic N) is 2. The fourth-order valence-electron chi connectivity index (χ4n) is 2.54. The van der Waals surface area contributed by atoms with Crippen LogP contribution in [0.15, 0.2) is 28.7 Å². The van der Waals surface area contributed by atoms with E-state index in [0.29, 0.717) is 32.7 Å². The van der Waals surface area contributed by atoms with Crippen molar-refractivity contribution in [3.05, 3.63) is 34.3 Å². The standard InChI is InChI=1S/C18H26BrN3O3/c1-18(2,3)25-17(24)22-11-9-21(10-12-22)16(23)20-8-7-14-5-4-6-15(19)13-14/h4-6,13H,7-12H2,1-3H3,(H,20,23). The van der Waals surface area contributed by atoms with Gasteiger partial charge in [-0.25, -0.2) is 9.59 Å². The number of hydrogen-bond acceptors (Lipinski definition) is 3. The molecule has 1 aliphatic heterocycles. The van der Waals surface area contributed by atoms with Gasteiger partial charge in [-0.3, -0.25) is 0 Å². The third-order valence-corrected chi connectivity index (χ3v) is 4.29. The molecule has 0 spiro atoms. The number of carbonyl (C=O) groups is 2. The summed E-state index contributed by atoms with van der Waals surface area (Å²) in [5.41, 5.74) is 0.669. The van der Waals surface area contributed by atoms with Crippen molar-refractivity contribution < 1.29 is 14.3 Å². The van der Waals surface area contributed by atoms with Crippen LogP contribution in [0.3, 0.4) is 0 Å². The van der Waals surface area contributed by atoms with Crippen LogP contribution in [0.2, 0.25) is 0 Å². The lowest BCUT2D eigenvalue weighted by Crippen LogP contribution is -2.54. The second-order valence-electron chi connectivity index (χ2n) is 7.07. The topological polar surface area (TPSA) is 61.9 Å². The number of carbonyl (C=O) groups excluding carboxylic acids is 2. The largest absolute Gasteiger partial charge is 0.444 e. The maximum Gasteiger partial charge on any atom is 0.410 e. The Morgan fingerprint density at radius 3 is 2.40 bits per heavy atom. The number of piperazine rings is 1. The predicted molar refractivity (Wildman–Crippen MR) is 101 cm³/mol. The van der Waals surface area contributed by atoms with Gasteiger partial charge in [-0.1, -0.05) is 28.1 Å². The van der Waals surface area contributed by atoms with Gasteiger partial charge in [-0.05, 0) is 44.9 Å². The van der Waals surface area contributed by atoms with E-state index >= 15 is 0 Å². The SMILES string of the molecule is CC(C)(C)OC(=O)N1CCN(C(=O)NCCc2cccc(Br)c2)CC1. The molecule has 1 aromatic carbocycles. The van der Waals surface area contributed by atoms with Crippen molar-refractivity contribution in [1.82, 2.24) is 15.1 Å². The lowest BCUT2D eigenvalue weighted by atomic mass is 10.1. The maximum atomic E-state index is 12.2. The van der Waals surface area contributed by atoms with Gasteiger partial charge in [-0.2, -0.15) is 0 Å². The van der Waals surface area contributed by atoms with Crippen LogP contribution in [0.1, 0.15) is 26.3 Å². The molecule has 2 rings (SSSR count). The van der Waals surface area contributed by atoms with Gasteiger partial charge in [0.05, 0.1) is 0 Å². The molecule has 0 unspecified atom stereocenters. The number of hydrogen-bond donors (Lipinski definition) is 1. The fourth-order valence-corrected chi connectivity index (χ4v) is 2.98. The lowest BCUT2D eigenvalue weighted by Gasteiger charge is -2.35. The molecule has 6 nitrogen and oxygen atoms in total. The van der Waals surface area contributed by atoms with Gasteiger partial charge in [0.15, 0.2) is 0 Å². The van der Waals surface area contributed by atoms with Gasteiger partial charge >= 0.3 is 12.1 Å². The van der Waals surface area contributed by atoms with E-state index in [1.165, 1.54) is 5.56 Å². The molecule has 0 bridgehead atoms. The maximum absolute atomic E-state index is 12.2. The minimum Gasteiger partial charge on any atom is -0.444 e. The van der Waals surface area contributed by atoms with E-state index < -0.39 is 5.60 Å². The highest BCUT2D eigenvalue weighted by Gasteiger charge is 2.27. The molecule has 1 aromatic rings. The van der Waals surface area contributed by atoms with Crippen molar-refractivity contribution in [3.63, 3.8) is 0 Å². The van der Waals surface area contributed by atoms with Gasteiger partial charge in [-0.15, -0.1) is 0 Å². The minimum absolute atomic E-state index is 0.0844. The van der Waals surface area contributed by atoms with Crippen LogP contribution >= 0.6 is 15.9 Å². The van der Waals surface area contributed by atoms with Crippen molar-refractivity contribution in [2.75, 3.05) is 32.7 Å². The van der Waals surface area contributed by atoms with Crippen LogP contribution < -0.4 is 5.32 Å². The highest BCUT2D eigenvalue weighted by atomic mass is 79.9. The van der Waals surface area contributed by atoms with E-state index in [2.05, 4.69) is 21.2 Å². The van der Waals surface area contributed by atoms with Crippen LogP contribution in [0.25, 0.3) is 0 Å². The monoisotopic (exact) mass is 411 g/mol. The molecular weight excluding hydrogens is 386 g/mol. The lowest BCUT2D eigenvalue weighted by molar-refractivity contribution is 0.0170.